The Bertz CT molecular complexity index is 588. The monoisotopic (exact) mass is 401 g/mol. The zero-order chi connectivity index (χ0) is 14.7. The first-order chi connectivity index (χ1) is 9.49. The van der Waals surface area contributed by atoms with Gasteiger partial charge in [0.05, 0.1) is 16.1 Å². The van der Waals surface area contributed by atoms with Crippen LogP contribution < -0.4 is 10.1 Å². The summed E-state index contributed by atoms with van der Waals surface area (Å²) in [5, 5.41) is 3.21. The average molecular weight is 403 g/mol. The predicted molar refractivity (Wildman–Crippen MR) is 86.9 cm³/mol. The number of benzene rings is 2. The van der Waals surface area contributed by atoms with Crippen LogP contribution in [-0.2, 0) is 6.54 Å². The maximum Gasteiger partial charge on any atom is 0.147 e. The summed E-state index contributed by atoms with van der Waals surface area (Å²) in [5.41, 5.74) is 2.72. The van der Waals surface area contributed by atoms with Crippen molar-refractivity contribution in [3.8, 4) is 5.75 Å². The third kappa shape index (κ3) is 3.73. The van der Waals surface area contributed by atoms with Crippen molar-refractivity contribution in [1.82, 2.24) is 0 Å². The Balaban J connectivity index is 2.15. The zero-order valence-corrected chi connectivity index (χ0v) is 14.3. The molecule has 0 saturated carbocycles. The van der Waals surface area contributed by atoms with E-state index in [1.165, 1.54) is 12.1 Å². The lowest BCUT2D eigenvalue weighted by Gasteiger charge is -2.11. The molecule has 2 aromatic rings. The summed E-state index contributed by atoms with van der Waals surface area (Å²) in [6.45, 7) is 2.47. The van der Waals surface area contributed by atoms with Crippen LogP contribution in [0.4, 0.5) is 10.1 Å². The van der Waals surface area contributed by atoms with Crippen molar-refractivity contribution >= 4 is 37.5 Å². The van der Waals surface area contributed by atoms with Gasteiger partial charge in [0.15, 0.2) is 0 Å². The molecule has 0 fully saturated rings. The number of halogens is 3. The molecule has 2 rings (SSSR count). The van der Waals surface area contributed by atoms with E-state index in [9.17, 15) is 4.39 Å². The van der Waals surface area contributed by atoms with Crippen molar-refractivity contribution in [1.29, 1.82) is 0 Å². The fraction of sp³-hybridized carbons (Fsp3) is 0.200. The van der Waals surface area contributed by atoms with Crippen LogP contribution in [0.2, 0.25) is 0 Å². The van der Waals surface area contributed by atoms with Gasteiger partial charge in [-0.15, -0.1) is 0 Å². The maximum absolute atomic E-state index is 13.3. The first-order valence-corrected chi connectivity index (χ1v) is 7.61. The van der Waals surface area contributed by atoms with Crippen LogP contribution >= 0.6 is 31.9 Å². The largest absolute Gasteiger partial charge is 0.494 e. The molecule has 0 saturated heterocycles. The first-order valence-electron chi connectivity index (χ1n) is 6.02. The normalized spacial score (nSPS) is 10.4. The van der Waals surface area contributed by atoms with Crippen molar-refractivity contribution < 1.29 is 9.13 Å². The van der Waals surface area contributed by atoms with E-state index in [2.05, 4.69) is 37.2 Å². The molecule has 2 nitrogen and oxygen atoms in total. The van der Waals surface area contributed by atoms with Gasteiger partial charge >= 0.3 is 0 Å². The van der Waals surface area contributed by atoms with Crippen molar-refractivity contribution in [2.24, 2.45) is 0 Å². The van der Waals surface area contributed by atoms with Gasteiger partial charge in [-0.2, -0.15) is 0 Å². The van der Waals surface area contributed by atoms with E-state index >= 15 is 0 Å². The zero-order valence-electron chi connectivity index (χ0n) is 11.1. The molecule has 1 N–H and O–H groups in total. The van der Waals surface area contributed by atoms with Crippen LogP contribution in [0.15, 0.2) is 39.3 Å². The number of nitrogens with one attached hydrogen (secondary N) is 1. The third-order valence-electron chi connectivity index (χ3n) is 2.80. The second-order valence-corrected chi connectivity index (χ2v) is 6.17. The lowest BCUT2D eigenvalue weighted by Crippen LogP contribution is -2.01. The number of hydrogen-bond acceptors (Lipinski definition) is 2. The highest BCUT2D eigenvalue weighted by Crippen LogP contribution is 2.34. The van der Waals surface area contributed by atoms with Gasteiger partial charge in [0, 0.05) is 12.2 Å². The molecule has 0 aliphatic rings. The molecule has 0 radical (unpaired) electrons. The highest BCUT2D eigenvalue weighted by Gasteiger charge is 2.08. The minimum absolute atomic E-state index is 0.232. The SMILES string of the molecule is COc1c(Br)cc(CNc2cc(C)cc(F)c2)cc1Br. The topological polar surface area (TPSA) is 21.3 Å². The number of anilines is 1. The molecule has 0 aliphatic heterocycles. The Hall–Kier alpha value is -1.07. The number of hydrogen-bond donors (Lipinski definition) is 1. The summed E-state index contributed by atoms with van der Waals surface area (Å²) in [5.74, 6) is 0.528. The molecule has 2 aromatic carbocycles. The summed E-state index contributed by atoms with van der Waals surface area (Å²) >= 11 is 6.93. The molecule has 0 spiro atoms. The molecule has 106 valence electrons. The van der Waals surface area contributed by atoms with Crippen molar-refractivity contribution in [2.45, 2.75) is 13.5 Å². The predicted octanol–water partition coefficient (Wildman–Crippen LogP) is 5.28. The quantitative estimate of drug-likeness (QED) is 0.751. The van der Waals surface area contributed by atoms with E-state index in [1.807, 2.05) is 25.1 Å². The Morgan fingerprint density at radius 3 is 2.30 bits per heavy atom. The smallest absolute Gasteiger partial charge is 0.147 e. The highest BCUT2D eigenvalue weighted by molar-refractivity contribution is 9.11. The molecule has 0 amide bonds. The van der Waals surface area contributed by atoms with Crippen LogP contribution in [0.3, 0.4) is 0 Å². The van der Waals surface area contributed by atoms with E-state index in [4.69, 9.17) is 4.74 Å². The summed E-state index contributed by atoms with van der Waals surface area (Å²) in [6.07, 6.45) is 0. The first kappa shape index (κ1) is 15.3. The van der Waals surface area contributed by atoms with Gasteiger partial charge in [0.25, 0.3) is 0 Å². The van der Waals surface area contributed by atoms with Gasteiger partial charge in [-0.3, -0.25) is 0 Å². The van der Waals surface area contributed by atoms with Crippen molar-refractivity contribution in [3.05, 3.63) is 56.2 Å². The molecule has 0 atom stereocenters. The van der Waals surface area contributed by atoms with Gasteiger partial charge in [0.2, 0.25) is 0 Å². The Morgan fingerprint density at radius 2 is 1.75 bits per heavy atom. The Morgan fingerprint density at radius 1 is 1.10 bits per heavy atom. The Kier molecular flexibility index (Phi) is 5.05. The fourth-order valence-electron chi connectivity index (χ4n) is 1.95. The third-order valence-corrected chi connectivity index (χ3v) is 3.98. The minimum atomic E-state index is -0.232. The van der Waals surface area contributed by atoms with E-state index < -0.39 is 0 Å². The van der Waals surface area contributed by atoms with Crippen molar-refractivity contribution in [3.63, 3.8) is 0 Å². The lowest BCUT2D eigenvalue weighted by atomic mass is 10.2. The molecular formula is C15H14Br2FNO. The van der Waals surface area contributed by atoms with Crippen LogP contribution in [0.5, 0.6) is 5.75 Å². The van der Waals surface area contributed by atoms with Crippen LogP contribution in [0.25, 0.3) is 0 Å². The van der Waals surface area contributed by atoms with E-state index in [0.29, 0.717) is 6.54 Å². The molecule has 0 aliphatic carbocycles. The second kappa shape index (κ2) is 6.59. The summed E-state index contributed by atoms with van der Waals surface area (Å²) in [7, 11) is 1.62. The van der Waals surface area contributed by atoms with E-state index in [1.54, 1.807) is 7.11 Å². The maximum atomic E-state index is 13.3. The van der Waals surface area contributed by atoms with Crippen LogP contribution in [0.1, 0.15) is 11.1 Å². The number of ether oxygens (including phenoxy) is 1. The summed E-state index contributed by atoms with van der Waals surface area (Å²) in [4.78, 5) is 0. The highest BCUT2D eigenvalue weighted by atomic mass is 79.9. The van der Waals surface area contributed by atoms with Gasteiger partial charge in [-0.1, -0.05) is 0 Å². The minimum Gasteiger partial charge on any atom is -0.494 e. The van der Waals surface area contributed by atoms with Gasteiger partial charge in [-0.05, 0) is 80.2 Å². The molecule has 0 heterocycles. The van der Waals surface area contributed by atoms with Gasteiger partial charge in [0.1, 0.15) is 11.6 Å². The van der Waals surface area contributed by atoms with E-state index in [0.717, 1.165) is 31.5 Å². The standard InChI is InChI=1S/C15H14Br2FNO/c1-9-3-11(18)7-12(4-9)19-8-10-5-13(16)15(20-2)14(17)6-10/h3-7,19H,8H2,1-2H3. The lowest BCUT2D eigenvalue weighted by molar-refractivity contribution is 0.409. The molecule has 20 heavy (non-hydrogen) atoms. The van der Waals surface area contributed by atoms with Crippen LogP contribution in [-0.4, -0.2) is 7.11 Å². The van der Waals surface area contributed by atoms with E-state index in [-0.39, 0.29) is 5.82 Å². The Labute approximate surface area is 134 Å². The summed E-state index contributed by atoms with van der Waals surface area (Å²) in [6, 6.07) is 8.86. The second-order valence-electron chi connectivity index (χ2n) is 4.46. The summed E-state index contributed by atoms with van der Waals surface area (Å²) < 4.78 is 20.3. The number of aryl methyl sites for hydroxylation is 1. The fourth-order valence-corrected chi connectivity index (χ4v) is 3.56. The molecule has 0 aromatic heterocycles. The number of methoxy groups -OCH3 is 1. The van der Waals surface area contributed by atoms with Crippen molar-refractivity contribution in [2.75, 3.05) is 12.4 Å². The molecule has 0 unspecified atom stereocenters. The molecule has 5 heteroatoms. The van der Waals surface area contributed by atoms with Crippen LogP contribution in [0, 0.1) is 12.7 Å². The molecular weight excluding hydrogens is 389 g/mol. The molecule has 0 bridgehead atoms. The average Bonchev–Trinajstić information content (AvgIpc) is 2.35. The van der Waals surface area contributed by atoms with Gasteiger partial charge in [-0.25, -0.2) is 4.39 Å². The number of rotatable bonds is 4. The van der Waals surface area contributed by atoms with Gasteiger partial charge < -0.3 is 10.1 Å².